The van der Waals surface area contributed by atoms with Gasteiger partial charge in [0.2, 0.25) is 0 Å². The molecular formula is C35H54N2O. The van der Waals surface area contributed by atoms with Crippen LogP contribution in [0.1, 0.15) is 77.3 Å². The molecule has 0 fully saturated rings. The van der Waals surface area contributed by atoms with Gasteiger partial charge in [0.15, 0.2) is 5.90 Å². The van der Waals surface area contributed by atoms with Crippen LogP contribution in [-0.4, -0.2) is 43.6 Å². The molecule has 0 spiro atoms. The molecule has 3 rings (SSSR count). The first kappa shape index (κ1) is 35.1. The Labute approximate surface area is 235 Å². The zero-order chi connectivity index (χ0) is 28.6. The highest BCUT2D eigenvalue weighted by atomic mass is 16.5. The van der Waals surface area contributed by atoms with Crippen molar-refractivity contribution in [1.82, 2.24) is 4.90 Å². The molecule has 1 aliphatic heterocycles. The van der Waals surface area contributed by atoms with Crippen molar-refractivity contribution in [3.63, 3.8) is 0 Å². The van der Waals surface area contributed by atoms with Crippen LogP contribution < -0.4 is 0 Å². The zero-order valence-electron chi connectivity index (χ0n) is 25.1. The Balaban J connectivity index is 0.00000119. The van der Waals surface area contributed by atoms with E-state index in [1.165, 1.54) is 17.5 Å². The Bertz CT molecular complexity index is 836. The minimum Gasteiger partial charge on any atom is -0.479 e. The van der Waals surface area contributed by atoms with E-state index < -0.39 is 0 Å². The van der Waals surface area contributed by atoms with Gasteiger partial charge in [0.25, 0.3) is 0 Å². The van der Waals surface area contributed by atoms with Crippen molar-refractivity contribution >= 4 is 5.90 Å². The van der Waals surface area contributed by atoms with Gasteiger partial charge in [-0.3, -0.25) is 0 Å². The van der Waals surface area contributed by atoms with Crippen LogP contribution in [0.5, 0.6) is 0 Å². The fraction of sp³-hybridized carbons (Fsp3) is 0.457. The summed E-state index contributed by atoms with van der Waals surface area (Å²) in [7, 11) is 2.24. The Hall–Kier alpha value is -2.91. The fourth-order valence-corrected chi connectivity index (χ4v) is 4.08. The molecule has 3 heteroatoms. The molecule has 0 aliphatic carbocycles. The van der Waals surface area contributed by atoms with Crippen molar-refractivity contribution in [3.8, 4) is 0 Å². The van der Waals surface area contributed by atoms with E-state index in [4.69, 9.17) is 4.74 Å². The molecule has 0 amide bonds. The molecule has 1 heterocycles. The molecule has 2 aromatic rings. The molecular weight excluding hydrogens is 464 g/mol. The van der Waals surface area contributed by atoms with E-state index in [1.807, 2.05) is 19.9 Å². The molecule has 0 radical (unpaired) electrons. The Morgan fingerprint density at radius 1 is 0.974 bits per heavy atom. The molecule has 0 saturated carbocycles. The number of benzene rings is 2. The quantitative estimate of drug-likeness (QED) is 0.206. The topological polar surface area (TPSA) is 24.8 Å². The Morgan fingerprint density at radius 2 is 1.50 bits per heavy atom. The lowest BCUT2D eigenvalue weighted by Crippen LogP contribution is -2.24. The molecule has 0 bridgehead atoms. The van der Waals surface area contributed by atoms with E-state index in [2.05, 4.69) is 124 Å². The van der Waals surface area contributed by atoms with Gasteiger partial charge in [0.1, 0.15) is 6.61 Å². The van der Waals surface area contributed by atoms with Gasteiger partial charge in [-0.2, -0.15) is 0 Å². The summed E-state index contributed by atoms with van der Waals surface area (Å²) in [5.41, 5.74) is 2.81. The van der Waals surface area contributed by atoms with E-state index in [0.717, 1.165) is 44.9 Å². The number of rotatable bonds is 12. The maximum absolute atomic E-state index is 5.66. The van der Waals surface area contributed by atoms with Gasteiger partial charge in [0.05, 0.1) is 6.04 Å². The van der Waals surface area contributed by atoms with Gasteiger partial charge < -0.3 is 9.64 Å². The summed E-state index contributed by atoms with van der Waals surface area (Å²) in [4.78, 5) is 7.03. The van der Waals surface area contributed by atoms with Gasteiger partial charge in [-0.05, 0) is 63.4 Å². The first-order chi connectivity index (χ1) is 18.5. The standard InChI is InChI=1S/C25H34N2O.C6H10.C2H6.C2H4/c1-20(18-25-26-21(2)19-28-25)14-16-27(3)17-15-24(22-10-6-4-7-11-22)23-12-8-5-9-13-23;1-3-5-6-4-2;2*1-2/h4-13,20-21,24H,14-19H2,1-3H3;3,5-6H,1,4H2,2H3;1-2H3;1-2H2/b;6-5-;;. The summed E-state index contributed by atoms with van der Waals surface area (Å²) < 4.78 is 5.66. The molecule has 2 atom stereocenters. The van der Waals surface area contributed by atoms with Crippen molar-refractivity contribution in [2.75, 3.05) is 26.7 Å². The minimum absolute atomic E-state index is 0.331. The molecule has 210 valence electrons. The molecule has 0 saturated heterocycles. The maximum atomic E-state index is 5.66. The van der Waals surface area contributed by atoms with Crippen LogP contribution in [0.4, 0.5) is 0 Å². The van der Waals surface area contributed by atoms with Crippen molar-refractivity contribution in [2.45, 2.75) is 72.3 Å². The van der Waals surface area contributed by atoms with Gasteiger partial charge in [-0.1, -0.05) is 113 Å². The lowest BCUT2D eigenvalue weighted by Gasteiger charge is -2.23. The number of aliphatic imine (C=N–C) groups is 1. The number of nitrogens with zero attached hydrogens (tertiary/aromatic N) is 2. The molecule has 3 nitrogen and oxygen atoms in total. The van der Waals surface area contributed by atoms with Crippen molar-refractivity contribution in [1.29, 1.82) is 0 Å². The molecule has 2 unspecified atom stereocenters. The summed E-state index contributed by atoms with van der Waals surface area (Å²) in [6.07, 6.45) is 10.2. The van der Waals surface area contributed by atoms with E-state index in [0.29, 0.717) is 17.9 Å². The number of allylic oxidation sites excluding steroid dienone is 3. The molecule has 0 aromatic heterocycles. The van der Waals surface area contributed by atoms with Gasteiger partial charge in [-0.15, -0.1) is 13.2 Å². The summed E-state index contributed by atoms with van der Waals surface area (Å²) >= 11 is 0. The highest BCUT2D eigenvalue weighted by Crippen LogP contribution is 2.28. The molecule has 1 aliphatic rings. The summed E-state index contributed by atoms with van der Waals surface area (Å²) in [5, 5.41) is 0. The molecule has 38 heavy (non-hydrogen) atoms. The number of ether oxygens (including phenoxy) is 1. The third-order valence-electron chi connectivity index (χ3n) is 6.09. The minimum atomic E-state index is 0.331. The van der Waals surface area contributed by atoms with Crippen LogP contribution in [-0.2, 0) is 4.74 Å². The fourth-order valence-electron chi connectivity index (χ4n) is 4.08. The average Bonchev–Trinajstić information content (AvgIpc) is 3.38. The first-order valence-electron chi connectivity index (χ1n) is 14.3. The zero-order valence-corrected chi connectivity index (χ0v) is 25.1. The number of hydrogen-bond acceptors (Lipinski definition) is 3. The molecule has 2 aromatic carbocycles. The highest BCUT2D eigenvalue weighted by Gasteiger charge is 2.18. The monoisotopic (exact) mass is 518 g/mol. The average molecular weight is 519 g/mol. The third kappa shape index (κ3) is 15.4. The lowest BCUT2D eigenvalue weighted by atomic mass is 9.88. The smallest absolute Gasteiger partial charge is 0.183 e. The summed E-state index contributed by atoms with van der Waals surface area (Å²) in [6, 6.07) is 22.1. The SMILES string of the molecule is C=C.C=C/C=C\CC.CC.CC(CCN(C)CCC(c1ccccc1)c1ccccc1)CC1=NC(C)CO1. The third-order valence-corrected chi connectivity index (χ3v) is 6.09. The van der Waals surface area contributed by atoms with Gasteiger partial charge >= 0.3 is 0 Å². The maximum Gasteiger partial charge on any atom is 0.183 e. The van der Waals surface area contributed by atoms with Gasteiger partial charge in [0, 0.05) is 12.3 Å². The van der Waals surface area contributed by atoms with Crippen molar-refractivity contribution < 1.29 is 4.74 Å². The van der Waals surface area contributed by atoms with Crippen LogP contribution >= 0.6 is 0 Å². The second-order valence-corrected chi connectivity index (χ2v) is 9.32. The molecule has 0 N–H and O–H groups in total. The number of hydrogen-bond donors (Lipinski definition) is 0. The van der Waals surface area contributed by atoms with E-state index >= 15 is 0 Å². The van der Waals surface area contributed by atoms with Crippen molar-refractivity contribution in [2.24, 2.45) is 10.9 Å². The highest BCUT2D eigenvalue weighted by molar-refractivity contribution is 5.77. The van der Waals surface area contributed by atoms with Crippen LogP contribution in [0.15, 0.2) is 104 Å². The first-order valence-corrected chi connectivity index (χ1v) is 14.3. The Kier molecular flexibility index (Phi) is 21.4. The second kappa shape index (κ2) is 23.2. The Morgan fingerprint density at radius 3 is 1.92 bits per heavy atom. The van der Waals surface area contributed by atoms with Crippen LogP contribution in [0, 0.1) is 5.92 Å². The van der Waals surface area contributed by atoms with E-state index in [9.17, 15) is 0 Å². The van der Waals surface area contributed by atoms with E-state index in [-0.39, 0.29) is 0 Å². The second-order valence-electron chi connectivity index (χ2n) is 9.32. The van der Waals surface area contributed by atoms with Crippen LogP contribution in [0.3, 0.4) is 0 Å². The normalized spacial score (nSPS) is 14.7. The largest absolute Gasteiger partial charge is 0.479 e. The van der Waals surface area contributed by atoms with Crippen LogP contribution in [0.2, 0.25) is 0 Å². The lowest BCUT2D eigenvalue weighted by molar-refractivity contribution is 0.285. The van der Waals surface area contributed by atoms with E-state index in [1.54, 1.807) is 6.08 Å². The van der Waals surface area contributed by atoms with Crippen molar-refractivity contribution in [3.05, 3.63) is 110 Å². The summed E-state index contributed by atoms with van der Waals surface area (Å²) in [6.45, 7) is 23.0. The predicted molar refractivity (Wildman–Crippen MR) is 170 cm³/mol. The summed E-state index contributed by atoms with van der Waals surface area (Å²) in [5.74, 6) is 2.01. The predicted octanol–water partition coefficient (Wildman–Crippen LogP) is 9.34. The van der Waals surface area contributed by atoms with Gasteiger partial charge in [-0.25, -0.2) is 4.99 Å². The van der Waals surface area contributed by atoms with Crippen LogP contribution in [0.25, 0.3) is 0 Å².